The van der Waals surface area contributed by atoms with Crippen LogP contribution < -0.4 is 10.6 Å². The molecule has 28 heavy (non-hydrogen) atoms. The molecular weight excluding hydrogens is 376 g/mol. The number of nitrogens with one attached hydrogen (secondary N) is 2. The van der Waals surface area contributed by atoms with Crippen LogP contribution in [-0.4, -0.2) is 68.9 Å². The second-order valence-corrected chi connectivity index (χ2v) is 9.72. The maximum absolute atomic E-state index is 12.1. The number of sulfone groups is 1. The lowest BCUT2D eigenvalue weighted by molar-refractivity contribution is -0.121. The molecule has 2 aliphatic heterocycles. The van der Waals surface area contributed by atoms with E-state index >= 15 is 0 Å². The number of guanidine groups is 1. The molecule has 2 heterocycles. The van der Waals surface area contributed by atoms with Crippen LogP contribution in [0.3, 0.4) is 0 Å². The summed E-state index contributed by atoms with van der Waals surface area (Å²) >= 11 is 0. The molecule has 154 valence electrons. The molecule has 0 aliphatic carbocycles. The zero-order chi connectivity index (χ0) is 20.0. The Balaban J connectivity index is 1.49. The molecule has 2 atom stereocenters. The summed E-state index contributed by atoms with van der Waals surface area (Å²) in [5.74, 6) is 1.43. The molecule has 8 heteroatoms. The van der Waals surface area contributed by atoms with Gasteiger partial charge in [-0.25, -0.2) is 8.42 Å². The molecule has 1 aromatic rings. The van der Waals surface area contributed by atoms with Gasteiger partial charge in [0, 0.05) is 38.0 Å². The minimum Gasteiger partial charge on any atom is -0.357 e. The highest BCUT2D eigenvalue weighted by atomic mass is 32.2. The molecule has 1 amide bonds. The van der Waals surface area contributed by atoms with Crippen LogP contribution in [0.1, 0.15) is 37.7 Å². The van der Waals surface area contributed by atoms with Crippen molar-refractivity contribution in [2.45, 2.75) is 38.1 Å². The van der Waals surface area contributed by atoms with Gasteiger partial charge in [0.15, 0.2) is 15.8 Å². The summed E-state index contributed by atoms with van der Waals surface area (Å²) in [4.78, 5) is 19.0. The van der Waals surface area contributed by atoms with E-state index < -0.39 is 9.84 Å². The van der Waals surface area contributed by atoms with Crippen LogP contribution in [0, 0.1) is 0 Å². The third-order valence-corrected chi connectivity index (χ3v) is 7.06. The topological polar surface area (TPSA) is 90.9 Å². The summed E-state index contributed by atoms with van der Waals surface area (Å²) < 4.78 is 23.0. The van der Waals surface area contributed by atoms with Crippen molar-refractivity contribution in [3.8, 4) is 0 Å². The van der Waals surface area contributed by atoms with Crippen LogP contribution in [0.4, 0.5) is 0 Å². The predicted molar refractivity (Wildman–Crippen MR) is 111 cm³/mol. The predicted octanol–water partition coefficient (Wildman–Crippen LogP) is 1.13. The van der Waals surface area contributed by atoms with Crippen molar-refractivity contribution in [1.82, 2.24) is 15.5 Å². The van der Waals surface area contributed by atoms with Crippen molar-refractivity contribution in [1.29, 1.82) is 0 Å². The summed E-state index contributed by atoms with van der Waals surface area (Å²) in [6.45, 7) is 5.06. The summed E-state index contributed by atoms with van der Waals surface area (Å²) in [7, 11) is -2.98. The molecule has 0 saturated carbocycles. The standard InChI is InChI=1S/C20H30N4O3S/c1-2-21-20(24-12-9-17(14-24)16-6-4-3-5-7-16)22-11-8-19(25)23-18-10-13-28(26,27)15-18/h3-7,17-18H,2,8-15H2,1H3,(H,21,22)(H,23,25). The van der Waals surface area contributed by atoms with Gasteiger partial charge in [-0.1, -0.05) is 30.3 Å². The van der Waals surface area contributed by atoms with E-state index in [-0.39, 0.29) is 29.9 Å². The average molecular weight is 407 g/mol. The van der Waals surface area contributed by atoms with Crippen molar-refractivity contribution < 1.29 is 13.2 Å². The Labute approximate surface area is 167 Å². The average Bonchev–Trinajstić information content (AvgIpc) is 3.28. The van der Waals surface area contributed by atoms with Gasteiger partial charge >= 0.3 is 0 Å². The third kappa shape index (κ3) is 5.70. The molecule has 0 spiro atoms. The Bertz CT molecular complexity index is 795. The van der Waals surface area contributed by atoms with Crippen molar-refractivity contribution in [3.63, 3.8) is 0 Å². The second-order valence-electron chi connectivity index (χ2n) is 7.50. The lowest BCUT2D eigenvalue weighted by Crippen LogP contribution is -2.40. The third-order valence-electron chi connectivity index (χ3n) is 5.29. The lowest BCUT2D eigenvalue weighted by Gasteiger charge is -2.22. The molecule has 2 unspecified atom stereocenters. The van der Waals surface area contributed by atoms with Crippen molar-refractivity contribution >= 4 is 21.7 Å². The SMILES string of the molecule is CCNC(=NCCC(=O)NC1CCS(=O)(=O)C1)N1CCC(c2ccccc2)C1. The zero-order valence-electron chi connectivity index (χ0n) is 16.4. The molecule has 2 aliphatic rings. The molecule has 3 rings (SSSR count). The molecular formula is C20H30N4O3S. The molecule has 1 aromatic carbocycles. The first-order chi connectivity index (χ1) is 13.5. The number of carbonyl (C=O) groups excluding carboxylic acids is 1. The highest BCUT2D eigenvalue weighted by molar-refractivity contribution is 7.91. The zero-order valence-corrected chi connectivity index (χ0v) is 17.2. The Morgan fingerprint density at radius 1 is 1.25 bits per heavy atom. The van der Waals surface area contributed by atoms with Crippen molar-refractivity contribution in [3.05, 3.63) is 35.9 Å². The number of rotatable bonds is 6. The van der Waals surface area contributed by atoms with Crippen LogP contribution in [0.25, 0.3) is 0 Å². The number of benzene rings is 1. The van der Waals surface area contributed by atoms with Crippen LogP contribution in [0.5, 0.6) is 0 Å². The Kier molecular flexibility index (Phi) is 6.93. The maximum atomic E-state index is 12.1. The molecule has 2 saturated heterocycles. The maximum Gasteiger partial charge on any atom is 0.222 e. The van der Waals surface area contributed by atoms with Gasteiger partial charge in [0.2, 0.25) is 5.91 Å². The van der Waals surface area contributed by atoms with E-state index in [4.69, 9.17) is 0 Å². The smallest absolute Gasteiger partial charge is 0.222 e. The number of carbonyl (C=O) groups is 1. The van der Waals surface area contributed by atoms with E-state index in [2.05, 4.69) is 44.8 Å². The normalized spacial score (nSPS) is 24.3. The van der Waals surface area contributed by atoms with E-state index in [0.717, 1.165) is 32.0 Å². The van der Waals surface area contributed by atoms with E-state index in [9.17, 15) is 13.2 Å². The van der Waals surface area contributed by atoms with Crippen LogP contribution in [-0.2, 0) is 14.6 Å². The lowest BCUT2D eigenvalue weighted by atomic mass is 9.99. The van der Waals surface area contributed by atoms with Crippen molar-refractivity contribution in [2.75, 3.05) is 37.7 Å². The first kappa shape index (κ1) is 20.6. The van der Waals surface area contributed by atoms with Crippen LogP contribution in [0.2, 0.25) is 0 Å². The van der Waals surface area contributed by atoms with Gasteiger partial charge < -0.3 is 15.5 Å². The van der Waals surface area contributed by atoms with E-state index in [1.165, 1.54) is 5.56 Å². The fourth-order valence-electron chi connectivity index (χ4n) is 3.85. The van der Waals surface area contributed by atoms with Crippen molar-refractivity contribution in [2.24, 2.45) is 4.99 Å². The second kappa shape index (κ2) is 9.41. The Hall–Kier alpha value is -2.09. The molecule has 2 fully saturated rings. The number of amides is 1. The Morgan fingerprint density at radius 2 is 2.04 bits per heavy atom. The quantitative estimate of drug-likeness (QED) is 0.546. The molecule has 0 aromatic heterocycles. The summed E-state index contributed by atoms with van der Waals surface area (Å²) in [6.07, 6.45) is 1.86. The number of aliphatic imine (C=N–C) groups is 1. The summed E-state index contributed by atoms with van der Waals surface area (Å²) in [6, 6.07) is 10.3. The van der Waals surface area contributed by atoms with Gasteiger partial charge in [-0.15, -0.1) is 0 Å². The van der Waals surface area contributed by atoms with E-state index in [1.54, 1.807) is 0 Å². The first-order valence-corrected chi connectivity index (χ1v) is 11.9. The number of hydrogen-bond donors (Lipinski definition) is 2. The number of hydrogen-bond acceptors (Lipinski definition) is 4. The minimum atomic E-state index is -2.98. The van der Waals surface area contributed by atoms with Crippen LogP contribution in [0.15, 0.2) is 35.3 Å². The number of nitrogens with zero attached hydrogens (tertiary/aromatic N) is 2. The van der Waals surface area contributed by atoms with Crippen LogP contribution >= 0.6 is 0 Å². The summed E-state index contributed by atoms with van der Waals surface area (Å²) in [5.41, 5.74) is 1.35. The monoisotopic (exact) mass is 406 g/mol. The van der Waals surface area contributed by atoms with Gasteiger partial charge in [0.1, 0.15) is 0 Å². The largest absolute Gasteiger partial charge is 0.357 e. The first-order valence-electron chi connectivity index (χ1n) is 10.0. The molecule has 0 bridgehead atoms. The number of likely N-dealkylation sites (tertiary alicyclic amines) is 1. The van der Waals surface area contributed by atoms with Gasteiger partial charge in [-0.05, 0) is 25.3 Å². The fourth-order valence-corrected chi connectivity index (χ4v) is 5.52. The van der Waals surface area contributed by atoms with Gasteiger partial charge in [0.25, 0.3) is 0 Å². The summed E-state index contributed by atoms with van der Waals surface area (Å²) in [5, 5.41) is 6.14. The fraction of sp³-hybridized carbons (Fsp3) is 0.600. The molecule has 2 N–H and O–H groups in total. The van der Waals surface area contributed by atoms with Gasteiger partial charge in [-0.3, -0.25) is 9.79 Å². The highest BCUT2D eigenvalue weighted by Gasteiger charge is 2.29. The van der Waals surface area contributed by atoms with Gasteiger partial charge in [-0.2, -0.15) is 0 Å². The van der Waals surface area contributed by atoms with Gasteiger partial charge in [0.05, 0.1) is 18.1 Å². The molecule has 0 radical (unpaired) electrons. The van der Waals surface area contributed by atoms with E-state index in [0.29, 0.717) is 18.9 Å². The Morgan fingerprint density at radius 3 is 2.71 bits per heavy atom. The highest BCUT2D eigenvalue weighted by Crippen LogP contribution is 2.26. The minimum absolute atomic E-state index is 0.0549. The molecule has 7 nitrogen and oxygen atoms in total. The van der Waals surface area contributed by atoms with E-state index in [1.807, 2.05) is 13.0 Å².